The third kappa shape index (κ3) is 3.37. The van der Waals surface area contributed by atoms with Crippen LogP contribution in [0.5, 0.6) is 0 Å². The molecule has 0 bridgehead atoms. The maximum absolute atomic E-state index is 10.8. The second-order valence-corrected chi connectivity index (χ2v) is 4.77. The van der Waals surface area contributed by atoms with Crippen molar-refractivity contribution in [3.05, 3.63) is 0 Å². The van der Waals surface area contributed by atoms with Crippen molar-refractivity contribution in [2.75, 3.05) is 13.1 Å². The maximum Gasteiger partial charge on any atom is 0.220 e. The van der Waals surface area contributed by atoms with Crippen LogP contribution in [-0.2, 0) is 4.79 Å². The van der Waals surface area contributed by atoms with Gasteiger partial charge in [-0.05, 0) is 12.8 Å². The molecule has 0 spiro atoms. The van der Waals surface area contributed by atoms with Gasteiger partial charge in [-0.1, -0.05) is 22.6 Å². The molecule has 1 amide bonds. The largest absolute Gasteiger partial charge is 0.356 e. The summed E-state index contributed by atoms with van der Waals surface area (Å²) in [5.74, 6) is 0.692. The molecule has 1 aliphatic heterocycles. The first-order valence-corrected chi connectivity index (χ1v) is 5.07. The van der Waals surface area contributed by atoms with Gasteiger partial charge in [0.2, 0.25) is 5.91 Å². The van der Waals surface area contributed by atoms with Gasteiger partial charge < -0.3 is 10.6 Å². The highest BCUT2D eigenvalue weighted by Gasteiger charge is 2.20. The normalized spacial score (nSPS) is 26.7. The van der Waals surface area contributed by atoms with Crippen LogP contribution < -0.4 is 10.6 Å². The minimum absolute atomic E-state index is 0.193. The molecule has 4 heteroatoms. The fourth-order valence-electron chi connectivity index (χ4n) is 1.14. The van der Waals surface area contributed by atoms with Crippen molar-refractivity contribution in [1.82, 2.24) is 10.6 Å². The van der Waals surface area contributed by atoms with E-state index in [0.29, 0.717) is 16.4 Å². The fraction of sp³-hybridized carbons (Fsp3) is 0.857. The second kappa shape index (κ2) is 4.25. The van der Waals surface area contributed by atoms with E-state index in [9.17, 15) is 4.79 Å². The molecule has 3 nitrogen and oxygen atoms in total. The minimum Gasteiger partial charge on any atom is -0.356 e. The summed E-state index contributed by atoms with van der Waals surface area (Å²) >= 11 is 2.32. The molecule has 1 aliphatic rings. The average Bonchev–Trinajstić information content (AvgIpc) is 2.31. The van der Waals surface area contributed by atoms with Crippen molar-refractivity contribution in [3.8, 4) is 0 Å². The zero-order chi connectivity index (χ0) is 8.27. The van der Waals surface area contributed by atoms with Gasteiger partial charge in [0.25, 0.3) is 0 Å². The van der Waals surface area contributed by atoms with Crippen LogP contribution in [0.15, 0.2) is 0 Å². The number of carbonyl (C=O) groups excluding carboxylic acids is 1. The predicted molar refractivity (Wildman–Crippen MR) is 52.6 cm³/mol. The standard InChI is InChI=1S/C7H13IN2O/c1-5(8)9-3-6-2-7(11)10-4-6/h5-6,9H,2-4H2,1H3,(H,10,11). The zero-order valence-electron chi connectivity index (χ0n) is 6.56. The van der Waals surface area contributed by atoms with E-state index in [4.69, 9.17) is 0 Å². The van der Waals surface area contributed by atoms with E-state index in [0.717, 1.165) is 13.1 Å². The van der Waals surface area contributed by atoms with Crippen LogP contribution >= 0.6 is 22.6 Å². The van der Waals surface area contributed by atoms with E-state index in [2.05, 4.69) is 40.1 Å². The number of alkyl halides is 1. The molecule has 2 N–H and O–H groups in total. The predicted octanol–water partition coefficient (Wildman–Crippen LogP) is 0.493. The molecule has 0 aromatic heterocycles. The number of rotatable bonds is 3. The first-order chi connectivity index (χ1) is 5.18. The van der Waals surface area contributed by atoms with Gasteiger partial charge in [0.15, 0.2) is 0 Å². The molecule has 11 heavy (non-hydrogen) atoms. The number of amides is 1. The molecule has 1 fully saturated rings. The first kappa shape index (κ1) is 9.25. The van der Waals surface area contributed by atoms with E-state index >= 15 is 0 Å². The van der Waals surface area contributed by atoms with E-state index in [1.54, 1.807) is 0 Å². The number of hydrogen-bond donors (Lipinski definition) is 2. The molecule has 64 valence electrons. The molecule has 2 atom stereocenters. The van der Waals surface area contributed by atoms with Gasteiger partial charge in [0, 0.05) is 19.5 Å². The molecule has 0 aliphatic carbocycles. The summed E-state index contributed by atoms with van der Waals surface area (Å²) in [4.78, 5) is 10.8. The third-order valence-corrected chi connectivity index (χ3v) is 2.19. The van der Waals surface area contributed by atoms with Crippen LogP contribution in [0.25, 0.3) is 0 Å². The van der Waals surface area contributed by atoms with Crippen molar-refractivity contribution < 1.29 is 4.79 Å². The molecule has 0 saturated carbocycles. The smallest absolute Gasteiger partial charge is 0.220 e. The lowest BCUT2D eigenvalue weighted by Crippen LogP contribution is -2.28. The monoisotopic (exact) mass is 268 g/mol. The molecule has 1 heterocycles. The van der Waals surface area contributed by atoms with Crippen molar-refractivity contribution in [2.45, 2.75) is 17.4 Å². The van der Waals surface area contributed by atoms with E-state index in [1.807, 2.05) is 0 Å². The van der Waals surface area contributed by atoms with E-state index in [1.165, 1.54) is 0 Å². The Morgan fingerprint density at radius 3 is 3.09 bits per heavy atom. The molecular formula is C7H13IN2O. The number of halogens is 1. The lowest BCUT2D eigenvalue weighted by molar-refractivity contribution is -0.119. The number of nitrogens with one attached hydrogen (secondary N) is 2. The summed E-state index contributed by atoms with van der Waals surface area (Å²) in [5, 5.41) is 6.11. The van der Waals surface area contributed by atoms with Crippen LogP contribution in [0.2, 0.25) is 0 Å². The van der Waals surface area contributed by atoms with Crippen LogP contribution in [0.3, 0.4) is 0 Å². The fourth-order valence-corrected chi connectivity index (χ4v) is 1.39. The minimum atomic E-state index is 0.193. The first-order valence-electron chi connectivity index (χ1n) is 3.82. The molecule has 0 aromatic rings. The van der Waals surface area contributed by atoms with E-state index < -0.39 is 0 Å². The van der Waals surface area contributed by atoms with Crippen molar-refractivity contribution in [3.63, 3.8) is 0 Å². The Hall–Kier alpha value is 0.160. The van der Waals surface area contributed by atoms with Crippen molar-refractivity contribution in [2.24, 2.45) is 5.92 Å². The highest BCUT2D eigenvalue weighted by atomic mass is 127. The number of hydrogen-bond acceptors (Lipinski definition) is 2. The van der Waals surface area contributed by atoms with Crippen LogP contribution in [0, 0.1) is 5.92 Å². The maximum atomic E-state index is 10.8. The van der Waals surface area contributed by atoms with Crippen LogP contribution in [0.1, 0.15) is 13.3 Å². The Labute approximate surface area is 80.4 Å². The summed E-state index contributed by atoms with van der Waals surface area (Å²) < 4.78 is 0.489. The zero-order valence-corrected chi connectivity index (χ0v) is 8.72. The Bertz CT molecular complexity index is 149. The third-order valence-electron chi connectivity index (χ3n) is 1.75. The van der Waals surface area contributed by atoms with Crippen molar-refractivity contribution in [1.29, 1.82) is 0 Å². The lowest BCUT2D eigenvalue weighted by atomic mass is 10.1. The molecule has 2 unspecified atom stereocenters. The summed E-state index contributed by atoms with van der Waals surface area (Å²) in [7, 11) is 0. The Kier molecular flexibility index (Phi) is 3.58. The molecule has 1 rings (SSSR count). The van der Waals surface area contributed by atoms with Gasteiger partial charge in [-0.3, -0.25) is 4.79 Å². The molecular weight excluding hydrogens is 255 g/mol. The van der Waals surface area contributed by atoms with Crippen molar-refractivity contribution >= 4 is 28.5 Å². The molecule has 0 radical (unpaired) electrons. The van der Waals surface area contributed by atoms with Crippen LogP contribution in [-0.4, -0.2) is 23.0 Å². The van der Waals surface area contributed by atoms with Gasteiger partial charge >= 0.3 is 0 Å². The Balaban J connectivity index is 2.13. The second-order valence-electron chi connectivity index (χ2n) is 2.90. The van der Waals surface area contributed by atoms with Gasteiger partial charge in [-0.25, -0.2) is 0 Å². The SMILES string of the molecule is CC(I)NCC1CNC(=O)C1. The van der Waals surface area contributed by atoms with E-state index in [-0.39, 0.29) is 5.91 Å². The lowest BCUT2D eigenvalue weighted by Gasteiger charge is -2.10. The molecule has 0 aromatic carbocycles. The van der Waals surface area contributed by atoms with Crippen LogP contribution in [0.4, 0.5) is 0 Å². The highest BCUT2D eigenvalue weighted by Crippen LogP contribution is 2.07. The van der Waals surface area contributed by atoms with Gasteiger partial charge in [-0.15, -0.1) is 0 Å². The summed E-state index contributed by atoms with van der Waals surface area (Å²) in [6, 6.07) is 0. The summed E-state index contributed by atoms with van der Waals surface area (Å²) in [5.41, 5.74) is 0. The summed E-state index contributed by atoms with van der Waals surface area (Å²) in [6.07, 6.45) is 0.691. The Morgan fingerprint density at radius 1 is 1.91 bits per heavy atom. The topological polar surface area (TPSA) is 41.1 Å². The van der Waals surface area contributed by atoms with Gasteiger partial charge in [0.1, 0.15) is 0 Å². The van der Waals surface area contributed by atoms with Gasteiger partial charge in [-0.2, -0.15) is 0 Å². The summed E-state index contributed by atoms with van der Waals surface area (Å²) in [6.45, 7) is 3.89. The molecule has 1 saturated heterocycles. The highest BCUT2D eigenvalue weighted by molar-refractivity contribution is 14.1. The van der Waals surface area contributed by atoms with Gasteiger partial charge in [0.05, 0.1) is 4.05 Å². The quantitative estimate of drug-likeness (QED) is 0.444. The average molecular weight is 268 g/mol. The Morgan fingerprint density at radius 2 is 2.64 bits per heavy atom. The number of carbonyl (C=O) groups is 1.